The van der Waals surface area contributed by atoms with Crippen molar-refractivity contribution >= 4 is 21.4 Å². The summed E-state index contributed by atoms with van der Waals surface area (Å²) in [6, 6.07) is 7.52. The number of carbonyl (C=O) groups is 1. The van der Waals surface area contributed by atoms with Gasteiger partial charge in [0.2, 0.25) is 15.7 Å². The summed E-state index contributed by atoms with van der Waals surface area (Å²) >= 11 is 0. The number of allylic oxidation sites excluding steroid dienone is 1. The van der Waals surface area contributed by atoms with E-state index in [-0.39, 0.29) is 33.7 Å². The number of amides is 1. The molecule has 0 atom stereocenters. The number of rotatable bonds is 10. The second kappa shape index (κ2) is 11.2. The first-order valence-electron chi connectivity index (χ1n) is 10.8. The van der Waals surface area contributed by atoms with Crippen molar-refractivity contribution in [3.05, 3.63) is 53.9 Å². The van der Waals surface area contributed by atoms with Crippen molar-refractivity contribution in [1.82, 2.24) is 5.32 Å². The van der Waals surface area contributed by atoms with E-state index in [2.05, 4.69) is 16.7 Å². The Morgan fingerprint density at radius 3 is 2.55 bits per heavy atom. The van der Waals surface area contributed by atoms with Crippen molar-refractivity contribution in [3.8, 4) is 11.5 Å². The summed E-state index contributed by atoms with van der Waals surface area (Å²) in [6.07, 6.45) is 7.60. The molecular weight excluding hydrogens is 447 g/mol. The molecule has 178 valence electrons. The van der Waals surface area contributed by atoms with Gasteiger partial charge in [-0.2, -0.15) is 0 Å². The molecular formula is C24H29FN2O5S. The second-order valence-electron chi connectivity index (χ2n) is 7.72. The molecule has 3 rings (SSSR count). The van der Waals surface area contributed by atoms with Crippen molar-refractivity contribution in [2.24, 2.45) is 0 Å². The van der Waals surface area contributed by atoms with Crippen LogP contribution >= 0.6 is 0 Å². The molecule has 9 heteroatoms. The average Bonchev–Trinajstić information content (AvgIpc) is 2.83. The van der Waals surface area contributed by atoms with Gasteiger partial charge in [0.1, 0.15) is 5.82 Å². The van der Waals surface area contributed by atoms with Gasteiger partial charge in [-0.15, -0.1) is 0 Å². The smallest absolute Gasteiger partial charge is 0.239 e. The van der Waals surface area contributed by atoms with E-state index in [1.165, 1.54) is 56.9 Å². The van der Waals surface area contributed by atoms with Crippen molar-refractivity contribution in [3.63, 3.8) is 0 Å². The molecule has 0 saturated heterocycles. The summed E-state index contributed by atoms with van der Waals surface area (Å²) in [4.78, 5) is 11.9. The molecule has 2 N–H and O–H groups in total. The lowest BCUT2D eigenvalue weighted by Gasteiger charge is -2.15. The molecule has 0 fully saturated rings. The first-order valence-corrected chi connectivity index (χ1v) is 12.3. The predicted octanol–water partition coefficient (Wildman–Crippen LogP) is 4.09. The highest BCUT2D eigenvalue weighted by Crippen LogP contribution is 2.34. The van der Waals surface area contributed by atoms with Gasteiger partial charge in [-0.3, -0.25) is 4.79 Å². The maximum absolute atomic E-state index is 14.0. The van der Waals surface area contributed by atoms with Gasteiger partial charge in [0.15, 0.2) is 11.5 Å². The van der Waals surface area contributed by atoms with Crippen molar-refractivity contribution in [1.29, 1.82) is 0 Å². The van der Waals surface area contributed by atoms with E-state index in [0.717, 1.165) is 31.4 Å². The number of sulfone groups is 1. The minimum absolute atomic E-state index is 0.0843. The van der Waals surface area contributed by atoms with E-state index >= 15 is 0 Å². The molecule has 33 heavy (non-hydrogen) atoms. The first kappa shape index (κ1) is 24.6. The van der Waals surface area contributed by atoms with Crippen LogP contribution in [0.2, 0.25) is 0 Å². The van der Waals surface area contributed by atoms with E-state index in [1.54, 1.807) is 0 Å². The third-order valence-corrected chi connectivity index (χ3v) is 7.28. The molecule has 1 aliphatic rings. The molecule has 0 unspecified atom stereocenters. The Balaban J connectivity index is 1.72. The number of hydrogen-bond donors (Lipinski definition) is 2. The van der Waals surface area contributed by atoms with Crippen molar-refractivity contribution < 1.29 is 27.1 Å². The molecule has 1 amide bonds. The summed E-state index contributed by atoms with van der Waals surface area (Å²) in [5, 5.41) is 5.66. The maximum Gasteiger partial charge on any atom is 0.239 e. The van der Waals surface area contributed by atoms with Gasteiger partial charge >= 0.3 is 0 Å². The van der Waals surface area contributed by atoms with Gasteiger partial charge in [-0.25, -0.2) is 12.8 Å². The fourth-order valence-corrected chi connectivity index (χ4v) is 5.17. The molecule has 7 nitrogen and oxygen atoms in total. The Bertz CT molecular complexity index is 1130. The van der Waals surface area contributed by atoms with E-state index in [4.69, 9.17) is 9.47 Å². The molecule has 0 bridgehead atoms. The van der Waals surface area contributed by atoms with E-state index in [0.29, 0.717) is 12.3 Å². The third-order valence-electron chi connectivity index (χ3n) is 5.49. The average molecular weight is 477 g/mol. The molecule has 0 spiro atoms. The number of benzene rings is 2. The topological polar surface area (TPSA) is 93.7 Å². The van der Waals surface area contributed by atoms with Gasteiger partial charge in [0, 0.05) is 12.6 Å². The monoisotopic (exact) mass is 476 g/mol. The molecule has 0 radical (unpaired) electrons. The van der Waals surface area contributed by atoms with Crippen molar-refractivity contribution in [2.75, 3.05) is 32.6 Å². The van der Waals surface area contributed by atoms with Crippen LogP contribution in [0.25, 0.3) is 0 Å². The molecule has 0 aliphatic heterocycles. The van der Waals surface area contributed by atoms with Crippen LogP contribution in [0, 0.1) is 5.82 Å². The lowest BCUT2D eigenvalue weighted by molar-refractivity contribution is -0.119. The highest BCUT2D eigenvalue weighted by molar-refractivity contribution is 7.91. The second-order valence-corrected chi connectivity index (χ2v) is 9.64. The van der Waals surface area contributed by atoms with Crippen LogP contribution in [0.4, 0.5) is 10.1 Å². The van der Waals surface area contributed by atoms with E-state index in [9.17, 15) is 17.6 Å². The SMILES string of the molecule is COc1ccc(S(=O)(=O)c2cc(F)ccc2NCC(=O)NCCC2=CCCCC2)cc1OC. The summed E-state index contributed by atoms with van der Waals surface area (Å²) in [6.45, 7) is 0.381. The minimum Gasteiger partial charge on any atom is -0.493 e. The van der Waals surface area contributed by atoms with Crippen LogP contribution in [0.15, 0.2) is 57.8 Å². The molecule has 0 aromatic heterocycles. The fourth-order valence-electron chi connectivity index (χ4n) is 3.71. The van der Waals surface area contributed by atoms with Crippen LogP contribution in [-0.2, 0) is 14.6 Å². The van der Waals surface area contributed by atoms with Gasteiger partial charge in [0.25, 0.3) is 0 Å². The zero-order chi connectivity index (χ0) is 23.8. The Morgan fingerprint density at radius 1 is 1.06 bits per heavy atom. The van der Waals surface area contributed by atoms with Crippen LogP contribution in [-0.4, -0.2) is 41.6 Å². The molecule has 2 aromatic rings. The van der Waals surface area contributed by atoms with Crippen molar-refractivity contribution in [2.45, 2.75) is 41.9 Å². The number of hydrogen-bond acceptors (Lipinski definition) is 6. The summed E-state index contributed by atoms with van der Waals surface area (Å²) in [5.41, 5.74) is 1.49. The minimum atomic E-state index is -4.11. The summed E-state index contributed by atoms with van der Waals surface area (Å²) in [7, 11) is -1.27. The lowest BCUT2D eigenvalue weighted by Crippen LogP contribution is -2.31. The van der Waals surface area contributed by atoms with Crippen LogP contribution in [0.3, 0.4) is 0 Å². The van der Waals surface area contributed by atoms with E-state index in [1.807, 2.05) is 0 Å². The maximum atomic E-state index is 14.0. The third kappa shape index (κ3) is 6.25. The number of carbonyl (C=O) groups excluding carboxylic acids is 1. The Morgan fingerprint density at radius 2 is 1.85 bits per heavy atom. The quantitative estimate of drug-likeness (QED) is 0.502. The molecule has 0 saturated carbocycles. The number of ether oxygens (including phenoxy) is 2. The normalized spacial score (nSPS) is 13.7. The summed E-state index contributed by atoms with van der Waals surface area (Å²) < 4.78 is 50.8. The molecule has 1 aliphatic carbocycles. The van der Waals surface area contributed by atoms with Gasteiger partial charge in [-0.1, -0.05) is 11.6 Å². The van der Waals surface area contributed by atoms with Gasteiger partial charge in [-0.05, 0) is 62.4 Å². The number of halogens is 1. The fraction of sp³-hybridized carbons (Fsp3) is 0.375. The van der Waals surface area contributed by atoms with E-state index < -0.39 is 15.7 Å². The zero-order valence-corrected chi connectivity index (χ0v) is 19.6. The predicted molar refractivity (Wildman–Crippen MR) is 124 cm³/mol. The highest BCUT2D eigenvalue weighted by Gasteiger charge is 2.24. The molecule has 0 heterocycles. The Hall–Kier alpha value is -3.07. The van der Waals surface area contributed by atoms with Gasteiger partial charge in [0.05, 0.1) is 36.2 Å². The largest absolute Gasteiger partial charge is 0.493 e. The highest BCUT2D eigenvalue weighted by atomic mass is 32.2. The number of methoxy groups -OCH3 is 2. The molecule has 2 aromatic carbocycles. The summed E-state index contributed by atoms with van der Waals surface area (Å²) in [5.74, 6) is -0.373. The Labute approximate surface area is 193 Å². The lowest BCUT2D eigenvalue weighted by atomic mass is 9.97. The van der Waals surface area contributed by atoms with Crippen LogP contribution in [0.1, 0.15) is 32.1 Å². The van der Waals surface area contributed by atoms with Gasteiger partial charge < -0.3 is 20.1 Å². The van der Waals surface area contributed by atoms with Crippen LogP contribution in [0.5, 0.6) is 11.5 Å². The standard InChI is InChI=1S/C24H29FN2O5S/c1-31-21-11-9-19(15-22(21)32-2)33(29,30)23-14-18(25)8-10-20(23)27-16-24(28)26-13-12-17-6-4-3-5-7-17/h6,8-11,14-15,27H,3-5,7,12-13,16H2,1-2H3,(H,26,28). The zero-order valence-electron chi connectivity index (χ0n) is 18.8. The van der Waals surface area contributed by atoms with Crippen LogP contribution < -0.4 is 20.1 Å². The number of anilines is 1. The first-order chi connectivity index (χ1) is 15.8. The number of nitrogens with one attached hydrogen (secondary N) is 2. The Kier molecular flexibility index (Phi) is 8.32.